The number of halogens is 2. The maximum Gasteiger partial charge on any atom is 0.163 e. The van der Waals surface area contributed by atoms with Crippen LogP contribution in [0.1, 0.15) is 5.82 Å². The third-order valence-corrected chi connectivity index (χ3v) is 4.07. The van der Waals surface area contributed by atoms with Gasteiger partial charge in [0.2, 0.25) is 0 Å². The summed E-state index contributed by atoms with van der Waals surface area (Å²) in [4.78, 5) is 4.75. The zero-order valence-corrected chi connectivity index (χ0v) is 15.9. The first kappa shape index (κ1) is 20.2. The number of rotatable bonds is 4. The van der Waals surface area contributed by atoms with Crippen LogP contribution in [0, 0.1) is 0 Å². The molecule has 2 heterocycles. The van der Waals surface area contributed by atoms with Crippen LogP contribution in [0.25, 0.3) is 16.7 Å². The van der Waals surface area contributed by atoms with Gasteiger partial charge in [-0.15, -0.1) is 24.8 Å². The largest absolute Gasteiger partial charge is 0.497 e. The van der Waals surface area contributed by atoms with E-state index in [0.717, 1.165) is 39.8 Å². The Kier molecular flexibility index (Phi) is 6.58. The van der Waals surface area contributed by atoms with Crippen LogP contribution in [0.2, 0.25) is 0 Å². The number of ether oxygens (including phenoxy) is 3. The van der Waals surface area contributed by atoms with E-state index in [0.29, 0.717) is 26.2 Å². The number of hydrogen-bond donors (Lipinski definition) is 1. The minimum atomic E-state index is 0. The second-order valence-electron chi connectivity index (χ2n) is 5.59. The molecule has 0 saturated carbocycles. The van der Waals surface area contributed by atoms with Crippen LogP contribution in [-0.2, 0) is 6.42 Å². The predicted octanol–water partition coefficient (Wildman–Crippen LogP) is 3.15. The molecule has 3 aromatic rings. The first-order valence-corrected chi connectivity index (χ1v) is 7.95. The molecule has 0 atom stereocenters. The van der Waals surface area contributed by atoms with Crippen LogP contribution < -0.4 is 19.9 Å². The van der Waals surface area contributed by atoms with Gasteiger partial charge in [0.25, 0.3) is 0 Å². The number of methoxy groups -OCH3 is 1. The predicted molar refractivity (Wildman–Crippen MR) is 106 cm³/mol. The number of fused-ring (bicyclic) bond motifs is 2. The zero-order chi connectivity index (χ0) is 16.5. The molecule has 0 unspecified atom stereocenters. The summed E-state index contributed by atoms with van der Waals surface area (Å²) in [7, 11) is 1.66. The molecule has 26 heavy (non-hydrogen) atoms. The lowest BCUT2D eigenvalue weighted by Crippen LogP contribution is -2.15. The van der Waals surface area contributed by atoms with Crippen molar-refractivity contribution in [3.05, 3.63) is 42.2 Å². The number of nitrogens with two attached hydrogens (primary N) is 1. The molecule has 1 aromatic heterocycles. The van der Waals surface area contributed by atoms with Gasteiger partial charge >= 0.3 is 0 Å². The molecule has 2 N–H and O–H groups in total. The molecule has 0 bridgehead atoms. The summed E-state index contributed by atoms with van der Waals surface area (Å²) in [6.07, 6.45) is 0.679. The summed E-state index contributed by atoms with van der Waals surface area (Å²) in [6.45, 7) is 1.65. The number of benzene rings is 2. The van der Waals surface area contributed by atoms with Crippen molar-refractivity contribution in [3.8, 4) is 22.9 Å². The first-order valence-electron chi connectivity index (χ1n) is 7.95. The van der Waals surface area contributed by atoms with Crippen molar-refractivity contribution in [3.63, 3.8) is 0 Å². The highest BCUT2D eigenvalue weighted by molar-refractivity contribution is 5.85. The summed E-state index contributed by atoms with van der Waals surface area (Å²) in [5.41, 5.74) is 8.60. The van der Waals surface area contributed by atoms with E-state index in [2.05, 4.69) is 4.57 Å². The van der Waals surface area contributed by atoms with Gasteiger partial charge in [-0.05, 0) is 18.7 Å². The zero-order valence-electron chi connectivity index (χ0n) is 14.3. The summed E-state index contributed by atoms with van der Waals surface area (Å²) in [5.74, 6) is 3.19. The van der Waals surface area contributed by atoms with Crippen LogP contribution in [0.15, 0.2) is 36.4 Å². The number of aromatic nitrogens is 2. The monoisotopic (exact) mass is 397 g/mol. The molecular formula is C18H21Cl2N3O3. The average molecular weight is 398 g/mol. The van der Waals surface area contributed by atoms with Crippen LogP contribution in [0.5, 0.6) is 17.2 Å². The topological polar surface area (TPSA) is 71.5 Å². The fourth-order valence-electron chi connectivity index (χ4n) is 3.00. The third kappa shape index (κ3) is 3.53. The molecule has 140 valence electrons. The Labute approximate surface area is 164 Å². The van der Waals surface area contributed by atoms with E-state index in [1.807, 2.05) is 36.4 Å². The minimum absolute atomic E-state index is 0. The molecule has 1 aliphatic rings. The summed E-state index contributed by atoms with van der Waals surface area (Å²) >= 11 is 0. The van der Waals surface area contributed by atoms with Gasteiger partial charge in [-0.1, -0.05) is 6.07 Å². The lowest BCUT2D eigenvalue weighted by Gasteiger charge is -2.18. The highest BCUT2D eigenvalue weighted by atomic mass is 35.5. The molecule has 0 aliphatic carbocycles. The van der Waals surface area contributed by atoms with E-state index < -0.39 is 0 Å². The van der Waals surface area contributed by atoms with Crippen molar-refractivity contribution in [1.29, 1.82) is 0 Å². The van der Waals surface area contributed by atoms with Gasteiger partial charge in [-0.3, -0.25) is 4.57 Å². The van der Waals surface area contributed by atoms with Crippen molar-refractivity contribution in [2.75, 3.05) is 26.9 Å². The smallest absolute Gasteiger partial charge is 0.163 e. The van der Waals surface area contributed by atoms with Crippen molar-refractivity contribution < 1.29 is 14.2 Å². The minimum Gasteiger partial charge on any atom is -0.497 e. The van der Waals surface area contributed by atoms with Crippen molar-refractivity contribution in [2.45, 2.75) is 6.42 Å². The van der Waals surface area contributed by atoms with Crippen LogP contribution in [-0.4, -0.2) is 36.4 Å². The highest BCUT2D eigenvalue weighted by Crippen LogP contribution is 2.36. The molecule has 0 amide bonds. The molecule has 4 rings (SSSR count). The lowest BCUT2D eigenvalue weighted by atomic mass is 10.2. The lowest BCUT2D eigenvalue weighted by molar-refractivity contribution is 0.172. The molecule has 1 aliphatic heterocycles. The van der Waals surface area contributed by atoms with Gasteiger partial charge < -0.3 is 19.9 Å². The van der Waals surface area contributed by atoms with E-state index >= 15 is 0 Å². The van der Waals surface area contributed by atoms with Gasteiger partial charge in [-0.2, -0.15) is 0 Å². The summed E-state index contributed by atoms with van der Waals surface area (Å²) < 4.78 is 18.8. The highest BCUT2D eigenvalue weighted by Gasteiger charge is 2.19. The second kappa shape index (κ2) is 8.49. The molecular weight excluding hydrogens is 377 g/mol. The number of imidazole rings is 1. The standard InChI is InChI=1S/C18H19N3O3.2ClH/c1-22-13-4-2-3-12(9-13)21-15-11-17-16(23-7-8-24-17)10-14(15)20-18(21)5-6-19;;/h2-4,9-11H,5-8,19H2,1H3;2*1H. The van der Waals surface area contributed by atoms with E-state index in [1.54, 1.807) is 7.11 Å². The molecule has 2 aromatic carbocycles. The van der Waals surface area contributed by atoms with E-state index in [1.165, 1.54) is 0 Å². The Hall–Kier alpha value is -2.15. The average Bonchev–Trinajstić information content (AvgIpc) is 2.97. The normalized spacial score (nSPS) is 12.2. The van der Waals surface area contributed by atoms with E-state index in [-0.39, 0.29) is 24.8 Å². The Morgan fingerprint density at radius 3 is 2.54 bits per heavy atom. The van der Waals surface area contributed by atoms with Gasteiger partial charge in [0.1, 0.15) is 24.8 Å². The van der Waals surface area contributed by atoms with Crippen LogP contribution in [0.4, 0.5) is 0 Å². The molecule has 0 radical (unpaired) electrons. The maximum atomic E-state index is 5.78. The SMILES string of the molecule is COc1cccc(-n2c(CCN)nc3cc4c(cc32)OCCO4)c1.Cl.Cl. The van der Waals surface area contributed by atoms with Gasteiger partial charge in [0.15, 0.2) is 11.5 Å². The van der Waals surface area contributed by atoms with E-state index in [4.69, 9.17) is 24.9 Å². The Bertz CT molecular complexity index is 899. The Balaban J connectivity index is 0.00000121. The first-order chi connectivity index (χ1) is 11.8. The third-order valence-electron chi connectivity index (χ3n) is 4.07. The van der Waals surface area contributed by atoms with Crippen molar-refractivity contribution in [2.24, 2.45) is 5.73 Å². The Morgan fingerprint density at radius 1 is 1.12 bits per heavy atom. The van der Waals surface area contributed by atoms with Crippen LogP contribution >= 0.6 is 24.8 Å². The molecule has 6 nitrogen and oxygen atoms in total. The fourth-order valence-corrected chi connectivity index (χ4v) is 3.00. The number of hydrogen-bond acceptors (Lipinski definition) is 5. The maximum absolute atomic E-state index is 5.78. The molecule has 0 saturated heterocycles. The quantitative estimate of drug-likeness (QED) is 0.731. The molecule has 0 spiro atoms. The molecule has 0 fully saturated rings. The summed E-state index contributed by atoms with van der Waals surface area (Å²) in [5, 5.41) is 0. The number of nitrogens with zero attached hydrogens (tertiary/aromatic N) is 2. The fraction of sp³-hybridized carbons (Fsp3) is 0.278. The van der Waals surface area contributed by atoms with Gasteiger partial charge in [0, 0.05) is 24.6 Å². The van der Waals surface area contributed by atoms with Crippen molar-refractivity contribution in [1.82, 2.24) is 9.55 Å². The second-order valence-corrected chi connectivity index (χ2v) is 5.59. The summed E-state index contributed by atoms with van der Waals surface area (Å²) in [6, 6.07) is 11.8. The van der Waals surface area contributed by atoms with Gasteiger partial charge in [0.05, 0.1) is 23.8 Å². The van der Waals surface area contributed by atoms with Crippen LogP contribution in [0.3, 0.4) is 0 Å². The van der Waals surface area contributed by atoms with Gasteiger partial charge in [-0.25, -0.2) is 4.98 Å². The Morgan fingerprint density at radius 2 is 1.85 bits per heavy atom. The van der Waals surface area contributed by atoms with Crippen molar-refractivity contribution >= 4 is 35.8 Å². The van der Waals surface area contributed by atoms with E-state index in [9.17, 15) is 0 Å². The molecule has 8 heteroatoms.